The Labute approximate surface area is 130 Å². The number of aromatic nitrogens is 5. The molecule has 0 unspecified atom stereocenters. The molecule has 6 nitrogen and oxygen atoms in total. The van der Waals surface area contributed by atoms with Crippen molar-refractivity contribution in [3.63, 3.8) is 0 Å². The number of nitrogens with one attached hydrogen (secondary N) is 1. The van der Waals surface area contributed by atoms with Gasteiger partial charge in [-0.1, -0.05) is 12.1 Å². The van der Waals surface area contributed by atoms with Crippen molar-refractivity contribution in [2.45, 2.75) is 13.0 Å². The van der Waals surface area contributed by atoms with E-state index in [-0.39, 0.29) is 6.04 Å². The third kappa shape index (κ3) is 3.25. The number of hydrogen-bond acceptors (Lipinski definition) is 5. The van der Waals surface area contributed by atoms with Gasteiger partial charge in [0, 0.05) is 12.4 Å². The monoisotopic (exact) mass is 344 g/mol. The standard InChI is InChI=1S/C14H13BrN6/c1-10(20-14-17-6-12(15)7-18-14)11-3-2-4-13(5-11)21-9-16-8-19-21/h2-10H,1H3,(H,17,18,20)/t10-/m1/s1. The van der Waals surface area contributed by atoms with Crippen molar-refractivity contribution in [2.75, 3.05) is 5.32 Å². The van der Waals surface area contributed by atoms with E-state index in [1.165, 1.54) is 6.33 Å². The summed E-state index contributed by atoms with van der Waals surface area (Å²) < 4.78 is 2.58. The molecule has 0 saturated carbocycles. The highest BCUT2D eigenvalue weighted by atomic mass is 79.9. The van der Waals surface area contributed by atoms with E-state index in [2.05, 4.69) is 60.4 Å². The number of nitrogens with zero attached hydrogens (tertiary/aromatic N) is 5. The van der Waals surface area contributed by atoms with Gasteiger partial charge in [0.25, 0.3) is 0 Å². The summed E-state index contributed by atoms with van der Waals surface area (Å²) >= 11 is 3.32. The molecule has 2 heterocycles. The fourth-order valence-corrected chi connectivity index (χ4v) is 2.15. The molecular weight excluding hydrogens is 332 g/mol. The second-order valence-corrected chi connectivity index (χ2v) is 5.44. The first-order valence-electron chi connectivity index (χ1n) is 6.41. The molecule has 0 aliphatic carbocycles. The minimum atomic E-state index is 0.0784. The van der Waals surface area contributed by atoms with Gasteiger partial charge < -0.3 is 5.32 Å². The lowest BCUT2D eigenvalue weighted by atomic mass is 10.1. The zero-order chi connectivity index (χ0) is 14.7. The van der Waals surface area contributed by atoms with E-state index in [0.29, 0.717) is 5.95 Å². The number of anilines is 1. The Hall–Kier alpha value is -2.28. The Morgan fingerprint density at radius 1 is 1.24 bits per heavy atom. The molecular formula is C14H13BrN6. The van der Waals surface area contributed by atoms with E-state index in [1.54, 1.807) is 23.4 Å². The third-order valence-electron chi connectivity index (χ3n) is 3.02. The summed E-state index contributed by atoms with van der Waals surface area (Å²) in [5.41, 5.74) is 2.09. The molecule has 0 bridgehead atoms. The van der Waals surface area contributed by atoms with E-state index >= 15 is 0 Å². The first-order valence-corrected chi connectivity index (χ1v) is 7.21. The van der Waals surface area contributed by atoms with Crippen molar-refractivity contribution < 1.29 is 0 Å². The molecule has 0 radical (unpaired) electrons. The lowest BCUT2D eigenvalue weighted by Crippen LogP contribution is -2.09. The first-order chi connectivity index (χ1) is 10.2. The molecule has 1 aromatic carbocycles. The number of benzene rings is 1. The van der Waals surface area contributed by atoms with Crippen LogP contribution in [-0.4, -0.2) is 24.7 Å². The van der Waals surface area contributed by atoms with Gasteiger partial charge in [-0.2, -0.15) is 5.10 Å². The van der Waals surface area contributed by atoms with Crippen LogP contribution in [0.15, 0.2) is 53.8 Å². The minimum Gasteiger partial charge on any atom is -0.348 e. The Balaban J connectivity index is 1.80. The van der Waals surface area contributed by atoms with E-state index in [9.17, 15) is 0 Å². The van der Waals surface area contributed by atoms with Gasteiger partial charge in [0.1, 0.15) is 12.7 Å². The largest absolute Gasteiger partial charge is 0.348 e. The molecule has 0 spiro atoms. The van der Waals surface area contributed by atoms with Crippen LogP contribution in [0.4, 0.5) is 5.95 Å². The Bertz CT molecular complexity index is 711. The SMILES string of the molecule is C[C@@H](Nc1ncc(Br)cn1)c1cccc(-n2cncn2)c1. The molecule has 0 fully saturated rings. The molecule has 106 valence electrons. The number of hydrogen-bond donors (Lipinski definition) is 1. The summed E-state index contributed by atoms with van der Waals surface area (Å²) in [7, 11) is 0. The predicted molar refractivity (Wildman–Crippen MR) is 83.1 cm³/mol. The minimum absolute atomic E-state index is 0.0784. The van der Waals surface area contributed by atoms with Gasteiger partial charge in [0.05, 0.1) is 16.2 Å². The molecule has 1 atom stereocenters. The van der Waals surface area contributed by atoms with Crippen molar-refractivity contribution in [1.29, 1.82) is 0 Å². The molecule has 0 amide bonds. The van der Waals surface area contributed by atoms with E-state index in [4.69, 9.17) is 0 Å². The van der Waals surface area contributed by atoms with Crippen LogP contribution >= 0.6 is 15.9 Å². The van der Waals surface area contributed by atoms with Gasteiger partial charge in [-0.05, 0) is 40.5 Å². The molecule has 0 saturated heterocycles. The highest BCUT2D eigenvalue weighted by molar-refractivity contribution is 9.10. The maximum absolute atomic E-state index is 4.22. The van der Waals surface area contributed by atoms with Crippen LogP contribution in [0.25, 0.3) is 5.69 Å². The molecule has 0 aliphatic heterocycles. The van der Waals surface area contributed by atoms with Crippen molar-refractivity contribution >= 4 is 21.9 Å². The molecule has 2 aromatic heterocycles. The highest BCUT2D eigenvalue weighted by Gasteiger charge is 2.08. The lowest BCUT2D eigenvalue weighted by molar-refractivity contribution is 0.841. The van der Waals surface area contributed by atoms with E-state index in [1.807, 2.05) is 12.1 Å². The molecule has 3 rings (SSSR count). The molecule has 7 heteroatoms. The van der Waals surface area contributed by atoms with Crippen molar-refractivity contribution in [2.24, 2.45) is 0 Å². The van der Waals surface area contributed by atoms with Crippen molar-refractivity contribution in [1.82, 2.24) is 24.7 Å². The summed E-state index contributed by atoms with van der Waals surface area (Å²) in [4.78, 5) is 12.4. The van der Waals surface area contributed by atoms with Crippen molar-refractivity contribution in [3.05, 3.63) is 59.3 Å². The second kappa shape index (κ2) is 6.01. The number of halogens is 1. The van der Waals surface area contributed by atoms with Gasteiger partial charge in [-0.25, -0.2) is 19.6 Å². The average Bonchev–Trinajstić information content (AvgIpc) is 3.04. The summed E-state index contributed by atoms with van der Waals surface area (Å²) in [6.07, 6.45) is 6.63. The maximum atomic E-state index is 4.22. The second-order valence-electron chi connectivity index (χ2n) is 4.53. The third-order valence-corrected chi connectivity index (χ3v) is 3.43. The fraction of sp³-hybridized carbons (Fsp3) is 0.143. The Morgan fingerprint density at radius 3 is 2.76 bits per heavy atom. The average molecular weight is 345 g/mol. The quantitative estimate of drug-likeness (QED) is 0.787. The molecule has 3 aromatic rings. The summed E-state index contributed by atoms with van der Waals surface area (Å²) in [6.45, 7) is 2.06. The zero-order valence-corrected chi connectivity index (χ0v) is 12.9. The van der Waals surface area contributed by atoms with Gasteiger partial charge >= 0.3 is 0 Å². The van der Waals surface area contributed by atoms with Crippen LogP contribution in [-0.2, 0) is 0 Å². The molecule has 0 aliphatic rings. The molecule has 21 heavy (non-hydrogen) atoms. The van der Waals surface area contributed by atoms with Crippen LogP contribution in [0.1, 0.15) is 18.5 Å². The summed E-state index contributed by atoms with van der Waals surface area (Å²) in [6, 6.07) is 8.17. The summed E-state index contributed by atoms with van der Waals surface area (Å²) in [5.74, 6) is 0.594. The van der Waals surface area contributed by atoms with Crippen LogP contribution in [0, 0.1) is 0 Å². The highest BCUT2D eigenvalue weighted by Crippen LogP contribution is 2.19. The first kappa shape index (κ1) is 13.7. The predicted octanol–water partition coefficient (Wildman–Crippen LogP) is 2.99. The smallest absolute Gasteiger partial charge is 0.223 e. The van der Waals surface area contributed by atoms with Crippen LogP contribution < -0.4 is 5.32 Å². The zero-order valence-electron chi connectivity index (χ0n) is 11.3. The van der Waals surface area contributed by atoms with Crippen molar-refractivity contribution in [3.8, 4) is 5.69 Å². The van der Waals surface area contributed by atoms with Crippen LogP contribution in [0.2, 0.25) is 0 Å². The molecule has 1 N–H and O–H groups in total. The van der Waals surface area contributed by atoms with Crippen LogP contribution in [0.5, 0.6) is 0 Å². The topological polar surface area (TPSA) is 68.5 Å². The van der Waals surface area contributed by atoms with Gasteiger partial charge in [0.15, 0.2) is 0 Å². The Kier molecular flexibility index (Phi) is 3.92. The normalized spacial score (nSPS) is 12.1. The van der Waals surface area contributed by atoms with Gasteiger partial charge in [-0.3, -0.25) is 0 Å². The van der Waals surface area contributed by atoms with E-state index < -0.39 is 0 Å². The number of rotatable bonds is 4. The van der Waals surface area contributed by atoms with Crippen LogP contribution in [0.3, 0.4) is 0 Å². The Morgan fingerprint density at radius 2 is 2.05 bits per heavy atom. The van der Waals surface area contributed by atoms with E-state index in [0.717, 1.165) is 15.7 Å². The maximum Gasteiger partial charge on any atom is 0.223 e. The van der Waals surface area contributed by atoms with Gasteiger partial charge in [0.2, 0.25) is 5.95 Å². The summed E-state index contributed by atoms with van der Waals surface area (Å²) in [5, 5.41) is 7.41. The fourth-order valence-electron chi connectivity index (χ4n) is 1.94. The van der Waals surface area contributed by atoms with Gasteiger partial charge in [-0.15, -0.1) is 0 Å². The lowest BCUT2D eigenvalue weighted by Gasteiger charge is -2.15.